The van der Waals surface area contributed by atoms with Crippen LogP contribution in [-0.4, -0.2) is 0 Å². The summed E-state index contributed by atoms with van der Waals surface area (Å²) in [6.07, 6.45) is 1.40. The zero-order valence-electron chi connectivity index (χ0n) is 17.1. The fourth-order valence-corrected chi connectivity index (χ4v) is 3.58. The van der Waals surface area contributed by atoms with Gasteiger partial charge in [0.1, 0.15) is 11.6 Å². The maximum Gasteiger partial charge on any atom is 0.195 e. The lowest BCUT2D eigenvalue weighted by molar-refractivity contribution is 0.453. The van der Waals surface area contributed by atoms with Crippen molar-refractivity contribution in [1.82, 2.24) is 0 Å². The molecule has 0 saturated carbocycles. The van der Waals surface area contributed by atoms with E-state index in [9.17, 15) is 22.0 Å². The van der Waals surface area contributed by atoms with Crippen molar-refractivity contribution in [2.24, 2.45) is 0 Å². The first-order valence-electron chi connectivity index (χ1n) is 10.0. The average molecular weight is 436 g/mol. The monoisotopic (exact) mass is 436 g/mol. The van der Waals surface area contributed by atoms with Gasteiger partial charge in [-0.25, -0.2) is 22.0 Å². The highest BCUT2D eigenvalue weighted by molar-refractivity contribution is 5.84. The molecule has 160 valence electrons. The summed E-state index contributed by atoms with van der Waals surface area (Å²) in [5.74, 6) is 0.536. The molecule has 0 aliphatic carbocycles. The van der Waals surface area contributed by atoms with Crippen LogP contribution in [0.1, 0.15) is 30.0 Å². The molecule has 0 N–H and O–H groups in total. The molecule has 0 unspecified atom stereocenters. The second kappa shape index (κ2) is 8.84. The summed E-state index contributed by atoms with van der Waals surface area (Å²) in [7, 11) is 0. The highest BCUT2D eigenvalue weighted by Crippen LogP contribution is 2.28. The van der Waals surface area contributed by atoms with Crippen LogP contribution in [0.4, 0.5) is 22.0 Å². The first-order valence-corrected chi connectivity index (χ1v) is 10.0. The number of hydrogen-bond acceptors (Lipinski definition) is 0. The zero-order valence-corrected chi connectivity index (χ0v) is 17.1. The first kappa shape index (κ1) is 21.6. The zero-order chi connectivity index (χ0) is 22.8. The second-order valence-corrected chi connectivity index (χ2v) is 7.43. The Morgan fingerprint density at radius 1 is 0.656 bits per heavy atom. The Morgan fingerprint density at radius 2 is 1.28 bits per heavy atom. The normalized spacial score (nSPS) is 10.8. The Labute approximate surface area is 182 Å². The van der Waals surface area contributed by atoms with Crippen molar-refractivity contribution in [1.29, 1.82) is 0 Å². The van der Waals surface area contributed by atoms with Crippen molar-refractivity contribution in [3.05, 3.63) is 106 Å². The van der Waals surface area contributed by atoms with E-state index in [0.717, 1.165) is 12.5 Å². The lowest BCUT2D eigenvalue weighted by atomic mass is 9.99. The Morgan fingerprint density at radius 3 is 1.94 bits per heavy atom. The highest BCUT2D eigenvalue weighted by atomic mass is 19.2. The molecule has 0 aromatic heterocycles. The Hall–Kier alpha value is -3.65. The minimum atomic E-state index is -1.51. The summed E-state index contributed by atoms with van der Waals surface area (Å²) in [5, 5.41) is 0.161. The fraction of sp³-hybridized carbons (Fsp3) is 0.111. The van der Waals surface area contributed by atoms with Crippen LogP contribution in [0.5, 0.6) is 0 Å². The number of benzene rings is 4. The van der Waals surface area contributed by atoms with Crippen LogP contribution in [0.2, 0.25) is 0 Å². The van der Waals surface area contributed by atoms with Gasteiger partial charge in [-0.1, -0.05) is 43.4 Å². The third-order valence-electron chi connectivity index (χ3n) is 5.14. The third-order valence-corrected chi connectivity index (χ3v) is 5.14. The van der Waals surface area contributed by atoms with Crippen molar-refractivity contribution in [2.45, 2.75) is 19.8 Å². The molecule has 0 aliphatic rings. The van der Waals surface area contributed by atoms with Gasteiger partial charge in [-0.15, -0.1) is 0 Å². The van der Waals surface area contributed by atoms with E-state index in [1.807, 2.05) is 6.92 Å². The largest absolute Gasteiger partial charge is 0.206 e. The quantitative estimate of drug-likeness (QED) is 0.177. The molecule has 0 atom stereocenters. The first-order chi connectivity index (χ1) is 15.4. The molecule has 0 radical (unpaired) electrons. The van der Waals surface area contributed by atoms with Crippen molar-refractivity contribution in [3.8, 4) is 23.0 Å². The van der Waals surface area contributed by atoms with E-state index in [2.05, 4.69) is 11.8 Å². The topological polar surface area (TPSA) is 0 Å². The summed E-state index contributed by atoms with van der Waals surface area (Å²) in [6, 6.07) is 14.4. The lowest BCUT2D eigenvalue weighted by Crippen LogP contribution is -1.94. The maximum absolute atomic E-state index is 14.5. The van der Waals surface area contributed by atoms with E-state index in [0.29, 0.717) is 28.7 Å². The van der Waals surface area contributed by atoms with Crippen molar-refractivity contribution < 1.29 is 22.0 Å². The molecule has 4 aromatic carbocycles. The predicted molar refractivity (Wildman–Crippen MR) is 116 cm³/mol. The van der Waals surface area contributed by atoms with Gasteiger partial charge < -0.3 is 0 Å². The van der Waals surface area contributed by atoms with E-state index in [4.69, 9.17) is 0 Å². The SMILES string of the molecule is CCCc1cc(F)c(-c2ccc(C#Cc3ccc4c(F)c(F)c(F)cc4c3)cc2)c(F)c1. The highest BCUT2D eigenvalue weighted by Gasteiger charge is 2.14. The molecule has 5 heteroatoms. The van der Waals surface area contributed by atoms with Crippen LogP contribution >= 0.6 is 0 Å². The molecule has 0 aliphatic heterocycles. The van der Waals surface area contributed by atoms with Gasteiger partial charge in [0.05, 0.1) is 5.56 Å². The van der Waals surface area contributed by atoms with E-state index in [1.54, 1.807) is 24.3 Å². The van der Waals surface area contributed by atoms with Gasteiger partial charge in [-0.05, 0) is 65.4 Å². The molecule has 32 heavy (non-hydrogen) atoms. The van der Waals surface area contributed by atoms with Crippen molar-refractivity contribution >= 4 is 10.8 Å². The predicted octanol–water partition coefficient (Wildman–Crippen LogP) is 7.55. The molecular weight excluding hydrogens is 419 g/mol. The van der Waals surface area contributed by atoms with Gasteiger partial charge in [0.15, 0.2) is 17.5 Å². The van der Waals surface area contributed by atoms with E-state index in [-0.39, 0.29) is 16.3 Å². The van der Waals surface area contributed by atoms with Crippen LogP contribution < -0.4 is 0 Å². The molecule has 0 bridgehead atoms. The number of hydrogen-bond donors (Lipinski definition) is 0. The summed E-state index contributed by atoms with van der Waals surface area (Å²) in [4.78, 5) is 0. The number of fused-ring (bicyclic) bond motifs is 1. The van der Waals surface area contributed by atoms with Gasteiger partial charge in [-0.3, -0.25) is 0 Å². The summed E-state index contributed by atoms with van der Waals surface area (Å²) in [5.41, 5.74) is 2.00. The Kier molecular flexibility index (Phi) is 5.96. The fourth-order valence-electron chi connectivity index (χ4n) is 3.58. The third kappa shape index (κ3) is 4.22. The van der Waals surface area contributed by atoms with E-state index in [1.165, 1.54) is 30.3 Å². The molecule has 0 heterocycles. The van der Waals surface area contributed by atoms with Crippen LogP contribution in [0.15, 0.2) is 60.7 Å². The maximum atomic E-state index is 14.5. The van der Waals surface area contributed by atoms with Gasteiger partial charge >= 0.3 is 0 Å². The Bertz CT molecular complexity index is 1350. The molecule has 0 saturated heterocycles. The molecule has 4 rings (SSSR count). The molecular formula is C27H17F5. The summed E-state index contributed by atoms with van der Waals surface area (Å²) < 4.78 is 69.6. The van der Waals surface area contributed by atoms with Crippen LogP contribution in [0, 0.1) is 40.9 Å². The number of aryl methyl sites for hydroxylation is 1. The van der Waals surface area contributed by atoms with Gasteiger partial charge in [0.25, 0.3) is 0 Å². The van der Waals surface area contributed by atoms with Gasteiger partial charge in [0.2, 0.25) is 0 Å². The molecule has 0 amide bonds. The van der Waals surface area contributed by atoms with Crippen molar-refractivity contribution in [3.63, 3.8) is 0 Å². The molecule has 0 spiro atoms. The second-order valence-electron chi connectivity index (χ2n) is 7.43. The molecule has 0 fully saturated rings. The van der Waals surface area contributed by atoms with Gasteiger partial charge in [-0.2, -0.15) is 0 Å². The van der Waals surface area contributed by atoms with Crippen LogP contribution in [0.25, 0.3) is 21.9 Å². The van der Waals surface area contributed by atoms with E-state index >= 15 is 0 Å². The average Bonchev–Trinajstić information content (AvgIpc) is 2.76. The molecule has 4 aromatic rings. The summed E-state index contributed by atoms with van der Waals surface area (Å²) in [6.45, 7) is 1.94. The van der Waals surface area contributed by atoms with E-state index < -0.39 is 29.1 Å². The van der Waals surface area contributed by atoms with Crippen LogP contribution in [-0.2, 0) is 6.42 Å². The summed E-state index contributed by atoms with van der Waals surface area (Å²) >= 11 is 0. The lowest BCUT2D eigenvalue weighted by Gasteiger charge is -2.08. The minimum absolute atomic E-state index is 0.0344. The number of rotatable bonds is 3. The van der Waals surface area contributed by atoms with Crippen molar-refractivity contribution in [2.75, 3.05) is 0 Å². The standard InChI is InChI=1S/C27H17F5/c1-2-3-18-13-22(28)25(23(29)14-18)19-9-6-16(7-10-19)4-5-17-8-11-21-20(12-17)15-24(30)27(32)26(21)31/h6-15H,2-3H2,1H3. The Balaban J connectivity index is 1.61. The molecule has 0 nitrogen and oxygen atoms in total. The number of halogens is 5. The smallest absolute Gasteiger partial charge is 0.195 e. The van der Waals surface area contributed by atoms with Crippen LogP contribution in [0.3, 0.4) is 0 Å². The van der Waals surface area contributed by atoms with Gasteiger partial charge in [0, 0.05) is 16.5 Å². The minimum Gasteiger partial charge on any atom is -0.206 e.